The summed E-state index contributed by atoms with van der Waals surface area (Å²) in [5.74, 6) is 0.979. The maximum Gasteiger partial charge on any atom is 0.133 e. The van der Waals surface area contributed by atoms with Gasteiger partial charge in [0.25, 0.3) is 0 Å². The van der Waals surface area contributed by atoms with Crippen LogP contribution in [0.2, 0.25) is 0 Å². The minimum atomic E-state index is -0.300. The number of rotatable bonds is 4. The molecule has 2 N–H and O–H groups in total. The van der Waals surface area contributed by atoms with Crippen molar-refractivity contribution in [2.24, 2.45) is 5.73 Å². The van der Waals surface area contributed by atoms with Crippen molar-refractivity contribution in [2.45, 2.75) is 33.2 Å². The van der Waals surface area contributed by atoms with Crippen molar-refractivity contribution in [3.05, 3.63) is 58.9 Å². The average molecular weight is 273 g/mol. The van der Waals surface area contributed by atoms with Crippen molar-refractivity contribution >= 4 is 0 Å². The van der Waals surface area contributed by atoms with E-state index < -0.39 is 0 Å². The first-order chi connectivity index (χ1) is 9.45. The molecule has 1 unspecified atom stereocenters. The summed E-state index contributed by atoms with van der Waals surface area (Å²) in [6.07, 6.45) is 0.728. The summed E-state index contributed by atoms with van der Waals surface area (Å²) < 4.78 is 19.2. The monoisotopic (exact) mass is 273 g/mol. The SMILES string of the molecule is Cc1ccc(Oc2cc(F)ccc2C)c(CC(C)N)c1. The van der Waals surface area contributed by atoms with Gasteiger partial charge in [-0.3, -0.25) is 0 Å². The average Bonchev–Trinajstić information content (AvgIpc) is 2.36. The smallest absolute Gasteiger partial charge is 0.133 e. The molecule has 2 aromatic carbocycles. The first kappa shape index (κ1) is 14.5. The van der Waals surface area contributed by atoms with Crippen LogP contribution in [0.3, 0.4) is 0 Å². The van der Waals surface area contributed by atoms with Crippen LogP contribution < -0.4 is 10.5 Å². The summed E-state index contributed by atoms with van der Waals surface area (Å²) in [6.45, 7) is 5.88. The Morgan fingerprint density at radius 3 is 2.55 bits per heavy atom. The molecule has 0 fully saturated rings. The zero-order valence-corrected chi connectivity index (χ0v) is 12.1. The van der Waals surface area contributed by atoms with Crippen LogP contribution >= 0.6 is 0 Å². The van der Waals surface area contributed by atoms with Gasteiger partial charge in [-0.2, -0.15) is 0 Å². The molecule has 0 saturated heterocycles. The molecule has 0 radical (unpaired) electrons. The van der Waals surface area contributed by atoms with Crippen LogP contribution in [0.25, 0.3) is 0 Å². The summed E-state index contributed by atoms with van der Waals surface area (Å²) in [6, 6.07) is 10.6. The van der Waals surface area contributed by atoms with Crippen LogP contribution in [-0.4, -0.2) is 6.04 Å². The number of aryl methyl sites for hydroxylation is 2. The van der Waals surface area contributed by atoms with E-state index in [0.29, 0.717) is 5.75 Å². The van der Waals surface area contributed by atoms with Crippen molar-refractivity contribution in [3.8, 4) is 11.5 Å². The van der Waals surface area contributed by atoms with Gasteiger partial charge >= 0.3 is 0 Å². The number of benzene rings is 2. The molecule has 0 amide bonds. The second-order valence-electron chi connectivity index (χ2n) is 5.30. The third-order valence-electron chi connectivity index (χ3n) is 3.13. The zero-order chi connectivity index (χ0) is 14.7. The number of ether oxygens (including phenoxy) is 1. The van der Waals surface area contributed by atoms with Gasteiger partial charge in [-0.1, -0.05) is 23.8 Å². The molecule has 0 spiro atoms. The molecule has 2 rings (SSSR count). The molecule has 0 aliphatic carbocycles. The minimum Gasteiger partial charge on any atom is -0.457 e. The lowest BCUT2D eigenvalue weighted by atomic mass is 10.0. The fourth-order valence-electron chi connectivity index (χ4n) is 2.12. The number of halogens is 1. The van der Waals surface area contributed by atoms with Crippen LogP contribution in [0.4, 0.5) is 4.39 Å². The molecular formula is C17H20FNO. The van der Waals surface area contributed by atoms with Crippen molar-refractivity contribution in [1.82, 2.24) is 0 Å². The Morgan fingerprint density at radius 2 is 1.85 bits per heavy atom. The van der Waals surface area contributed by atoms with Crippen molar-refractivity contribution in [2.75, 3.05) is 0 Å². The molecule has 2 nitrogen and oxygen atoms in total. The van der Waals surface area contributed by atoms with Gasteiger partial charge in [0, 0.05) is 12.1 Å². The highest BCUT2D eigenvalue weighted by molar-refractivity contribution is 5.43. The van der Waals surface area contributed by atoms with Gasteiger partial charge in [-0.25, -0.2) is 4.39 Å². The minimum absolute atomic E-state index is 0.0488. The first-order valence-electron chi connectivity index (χ1n) is 6.75. The van der Waals surface area contributed by atoms with Crippen LogP contribution in [0, 0.1) is 19.7 Å². The van der Waals surface area contributed by atoms with Gasteiger partial charge in [0.2, 0.25) is 0 Å². The first-order valence-corrected chi connectivity index (χ1v) is 6.75. The van der Waals surface area contributed by atoms with E-state index in [2.05, 4.69) is 6.07 Å². The van der Waals surface area contributed by atoms with Crippen LogP contribution in [0.15, 0.2) is 36.4 Å². The largest absolute Gasteiger partial charge is 0.457 e. The van der Waals surface area contributed by atoms with Crippen molar-refractivity contribution in [3.63, 3.8) is 0 Å². The van der Waals surface area contributed by atoms with Gasteiger partial charge in [0.15, 0.2) is 0 Å². The van der Waals surface area contributed by atoms with E-state index in [1.54, 1.807) is 6.07 Å². The molecule has 106 valence electrons. The molecule has 0 aliphatic heterocycles. The Balaban J connectivity index is 2.35. The fourth-order valence-corrected chi connectivity index (χ4v) is 2.12. The number of hydrogen-bond acceptors (Lipinski definition) is 2. The summed E-state index contributed by atoms with van der Waals surface area (Å²) >= 11 is 0. The van der Waals surface area contributed by atoms with E-state index in [4.69, 9.17) is 10.5 Å². The van der Waals surface area contributed by atoms with Gasteiger partial charge < -0.3 is 10.5 Å². The van der Waals surface area contributed by atoms with Crippen LogP contribution in [-0.2, 0) is 6.42 Å². The predicted molar refractivity (Wildman–Crippen MR) is 79.7 cm³/mol. The molecular weight excluding hydrogens is 253 g/mol. The lowest BCUT2D eigenvalue weighted by molar-refractivity contribution is 0.464. The molecule has 0 heterocycles. The Bertz CT molecular complexity index is 608. The normalized spacial score (nSPS) is 12.2. The topological polar surface area (TPSA) is 35.2 Å². The summed E-state index contributed by atoms with van der Waals surface area (Å²) in [5, 5.41) is 0. The summed E-state index contributed by atoms with van der Waals surface area (Å²) in [5.41, 5.74) is 8.98. The van der Waals surface area contributed by atoms with Gasteiger partial charge in [-0.15, -0.1) is 0 Å². The molecule has 0 saturated carbocycles. The predicted octanol–water partition coefficient (Wildman–Crippen LogP) is 4.12. The van der Waals surface area contributed by atoms with E-state index in [1.165, 1.54) is 12.1 Å². The zero-order valence-electron chi connectivity index (χ0n) is 12.1. The lowest BCUT2D eigenvalue weighted by Crippen LogP contribution is -2.18. The third-order valence-corrected chi connectivity index (χ3v) is 3.13. The highest BCUT2D eigenvalue weighted by Gasteiger charge is 2.10. The van der Waals surface area contributed by atoms with Crippen LogP contribution in [0.1, 0.15) is 23.6 Å². The van der Waals surface area contributed by atoms with E-state index in [0.717, 1.165) is 28.9 Å². The van der Waals surface area contributed by atoms with Crippen LogP contribution in [0.5, 0.6) is 11.5 Å². The van der Waals surface area contributed by atoms with Crippen molar-refractivity contribution < 1.29 is 9.13 Å². The second-order valence-corrected chi connectivity index (χ2v) is 5.30. The Labute approximate surface area is 119 Å². The maximum absolute atomic E-state index is 13.3. The highest BCUT2D eigenvalue weighted by atomic mass is 19.1. The number of nitrogens with two attached hydrogens (primary N) is 1. The van der Waals surface area contributed by atoms with Gasteiger partial charge in [0.05, 0.1) is 0 Å². The summed E-state index contributed by atoms with van der Waals surface area (Å²) in [7, 11) is 0. The van der Waals surface area contributed by atoms with Crippen molar-refractivity contribution in [1.29, 1.82) is 0 Å². The van der Waals surface area contributed by atoms with Gasteiger partial charge in [0.1, 0.15) is 17.3 Å². The van der Waals surface area contributed by atoms with Gasteiger partial charge in [-0.05, 0) is 50.5 Å². The Hall–Kier alpha value is -1.87. The highest BCUT2D eigenvalue weighted by Crippen LogP contribution is 2.29. The fraction of sp³-hybridized carbons (Fsp3) is 0.294. The lowest BCUT2D eigenvalue weighted by Gasteiger charge is -2.15. The molecule has 2 aromatic rings. The summed E-state index contributed by atoms with van der Waals surface area (Å²) in [4.78, 5) is 0. The second kappa shape index (κ2) is 6.06. The molecule has 0 bridgehead atoms. The Morgan fingerprint density at radius 1 is 1.10 bits per heavy atom. The van der Waals surface area contributed by atoms with E-state index in [9.17, 15) is 4.39 Å². The van der Waals surface area contributed by atoms with E-state index in [1.807, 2.05) is 32.9 Å². The molecule has 0 aliphatic rings. The quantitative estimate of drug-likeness (QED) is 0.909. The van der Waals surface area contributed by atoms with E-state index >= 15 is 0 Å². The third kappa shape index (κ3) is 3.58. The number of hydrogen-bond donors (Lipinski definition) is 1. The molecule has 3 heteroatoms. The molecule has 20 heavy (non-hydrogen) atoms. The standard InChI is InChI=1S/C17H20FNO/c1-11-4-7-16(14(8-11)9-13(3)19)20-17-10-15(18)6-5-12(17)2/h4-8,10,13H,9,19H2,1-3H3. The molecule has 1 atom stereocenters. The van der Waals surface area contributed by atoms with E-state index in [-0.39, 0.29) is 11.9 Å². The maximum atomic E-state index is 13.3. The Kier molecular flexibility index (Phi) is 4.40. The molecule has 0 aromatic heterocycles.